The largest absolute Gasteiger partial charge is 0.387 e. The molecule has 0 saturated carbocycles. The van der Waals surface area contributed by atoms with Crippen LogP contribution in [0.5, 0.6) is 0 Å². The van der Waals surface area contributed by atoms with E-state index in [4.69, 9.17) is 0 Å². The molecule has 1 saturated heterocycles. The zero-order valence-electron chi connectivity index (χ0n) is 12.7. The highest BCUT2D eigenvalue weighted by Crippen LogP contribution is 2.27. The summed E-state index contributed by atoms with van der Waals surface area (Å²) < 4.78 is 0. The fourth-order valence-corrected chi connectivity index (χ4v) is 4.05. The van der Waals surface area contributed by atoms with Crippen molar-refractivity contribution in [3.05, 3.63) is 16.1 Å². The summed E-state index contributed by atoms with van der Waals surface area (Å²) in [5, 5.41) is 20.0. The number of rotatable bonds is 6. The third-order valence-corrected chi connectivity index (χ3v) is 5.35. The molecule has 1 aromatic heterocycles. The molecule has 21 heavy (non-hydrogen) atoms. The molecule has 0 spiro atoms. The Kier molecular flexibility index (Phi) is 6.32. The van der Waals surface area contributed by atoms with Crippen LogP contribution in [0, 0.1) is 6.92 Å². The SMILES string of the molecule is CCNC(=NCC1(O)CCSC1)NCCc1csc(C)n1. The van der Waals surface area contributed by atoms with Crippen LogP contribution in [-0.4, -0.2) is 52.8 Å². The summed E-state index contributed by atoms with van der Waals surface area (Å²) in [6.07, 6.45) is 1.72. The molecule has 3 N–H and O–H groups in total. The number of aliphatic imine (C=N–C) groups is 1. The van der Waals surface area contributed by atoms with Gasteiger partial charge in [0, 0.05) is 30.6 Å². The van der Waals surface area contributed by atoms with Gasteiger partial charge < -0.3 is 15.7 Å². The summed E-state index contributed by atoms with van der Waals surface area (Å²) in [6, 6.07) is 0. The van der Waals surface area contributed by atoms with Crippen LogP contribution < -0.4 is 10.6 Å². The standard InChI is InChI=1S/C14H24N4OS2/c1-3-15-13(17-9-14(19)5-7-20-10-14)16-6-4-12-8-21-11(2)18-12/h8,19H,3-7,9-10H2,1-2H3,(H2,15,16,17). The lowest BCUT2D eigenvalue weighted by Gasteiger charge is -2.19. The van der Waals surface area contributed by atoms with Gasteiger partial charge in [-0.1, -0.05) is 0 Å². The van der Waals surface area contributed by atoms with Gasteiger partial charge in [0.15, 0.2) is 5.96 Å². The lowest BCUT2D eigenvalue weighted by molar-refractivity contribution is 0.0778. The van der Waals surface area contributed by atoms with Crippen molar-refractivity contribution in [1.29, 1.82) is 0 Å². The lowest BCUT2D eigenvalue weighted by atomic mass is 10.1. The van der Waals surface area contributed by atoms with E-state index in [-0.39, 0.29) is 0 Å². The van der Waals surface area contributed by atoms with Crippen LogP contribution in [0.15, 0.2) is 10.4 Å². The smallest absolute Gasteiger partial charge is 0.191 e. The Hall–Kier alpha value is -0.790. The van der Waals surface area contributed by atoms with Crippen molar-refractivity contribution in [3.8, 4) is 0 Å². The van der Waals surface area contributed by atoms with Gasteiger partial charge in [-0.3, -0.25) is 4.99 Å². The second kappa shape index (κ2) is 8.00. The summed E-state index contributed by atoms with van der Waals surface area (Å²) in [5.41, 5.74) is 0.491. The van der Waals surface area contributed by atoms with Crippen molar-refractivity contribution in [3.63, 3.8) is 0 Å². The fourth-order valence-electron chi connectivity index (χ4n) is 2.12. The first kappa shape index (κ1) is 16.6. The minimum absolute atomic E-state index is 0.463. The van der Waals surface area contributed by atoms with Crippen LogP contribution in [0.2, 0.25) is 0 Å². The predicted octanol–water partition coefficient (Wildman–Crippen LogP) is 1.42. The molecule has 7 heteroatoms. The second-order valence-electron chi connectivity index (χ2n) is 5.26. The van der Waals surface area contributed by atoms with Gasteiger partial charge in [-0.05, 0) is 26.0 Å². The third-order valence-electron chi connectivity index (χ3n) is 3.30. The normalized spacial score (nSPS) is 22.5. The number of aromatic nitrogens is 1. The van der Waals surface area contributed by atoms with E-state index < -0.39 is 5.60 Å². The van der Waals surface area contributed by atoms with Gasteiger partial charge in [-0.25, -0.2) is 4.98 Å². The molecular formula is C14H24N4OS2. The van der Waals surface area contributed by atoms with Crippen LogP contribution in [0.4, 0.5) is 0 Å². The minimum atomic E-state index is -0.626. The molecule has 1 aliphatic rings. The summed E-state index contributed by atoms with van der Waals surface area (Å²) in [4.78, 5) is 8.97. The average molecular weight is 329 g/mol. The topological polar surface area (TPSA) is 69.5 Å². The van der Waals surface area contributed by atoms with Crippen molar-refractivity contribution in [1.82, 2.24) is 15.6 Å². The summed E-state index contributed by atoms with van der Waals surface area (Å²) in [6.45, 7) is 6.14. The van der Waals surface area contributed by atoms with Gasteiger partial charge in [0.1, 0.15) is 0 Å². The summed E-state index contributed by atoms with van der Waals surface area (Å²) in [5.74, 6) is 2.59. The summed E-state index contributed by atoms with van der Waals surface area (Å²) in [7, 11) is 0. The van der Waals surface area contributed by atoms with Gasteiger partial charge in [-0.2, -0.15) is 11.8 Å². The molecule has 0 radical (unpaired) electrons. The Labute approximate surface area is 134 Å². The van der Waals surface area contributed by atoms with Crippen LogP contribution in [0.1, 0.15) is 24.0 Å². The zero-order valence-corrected chi connectivity index (χ0v) is 14.3. The number of nitrogens with one attached hydrogen (secondary N) is 2. The third kappa shape index (κ3) is 5.48. The van der Waals surface area contributed by atoms with E-state index in [0.29, 0.717) is 6.54 Å². The van der Waals surface area contributed by atoms with Crippen LogP contribution >= 0.6 is 23.1 Å². The van der Waals surface area contributed by atoms with E-state index in [0.717, 1.165) is 54.1 Å². The molecule has 1 unspecified atom stereocenters. The number of guanidine groups is 1. The minimum Gasteiger partial charge on any atom is -0.387 e. The molecule has 1 fully saturated rings. The van der Waals surface area contributed by atoms with Crippen molar-refractivity contribution in [2.24, 2.45) is 4.99 Å². The van der Waals surface area contributed by atoms with Crippen molar-refractivity contribution >= 4 is 29.1 Å². The Morgan fingerprint density at radius 1 is 1.52 bits per heavy atom. The van der Waals surface area contributed by atoms with Crippen molar-refractivity contribution in [2.75, 3.05) is 31.1 Å². The maximum absolute atomic E-state index is 10.3. The maximum atomic E-state index is 10.3. The quantitative estimate of drug-likeness (QED) is 0.544. The number of thioether (sulfide) groups is 1. The molecule has 0 aromatic carbocycles. The van der Waals surface area contributed by atoms with Gasteiger partial charge in [0.2, 0.25) is 0 Å². The first-order valence-electron chi connectivity index (χ1n) is 7.34. The van der Waals surface area contributed by atoms with E-state index in [1.165, 1.54) is 0 Å². The molecule has 0 bridgehead atoms. The highest BCUT2D eigenvalue weighted by molar-refractivity contribution is 7.99. The van der Waals surface area contributed by atoms with E-state index in [2.05, 4.69) is 26.0 Å². The lowest BCUT2D eigenvalue weighted by Crippen LogP contribution is -2.40. The highest BCUT2D eigenvalue weighted by Gasteiger charge is 2.31. The monoisotopic (exact) mass is 328 g/mol. The molecule has 0 aliphatic carbocycles. The van der Waals surface area contributed by atoms with Crippen molar-refractivity contribution in [2.45, 2.75) is 32.3 Å². The first-order valence-corrected chi connectivity index (χ1v) is 9.38. The molecule has 1 atom stereocenters. The van der Waals surface area contributed by atoms with Gasteiger partial charge in [-0.15, -0.1) is 11.3 Å². The van der Waals surface area contributed by atoms with E-state index >= 15 is 0 Å². The molecule has 0 amide bonds. The van der Waals surface area contributed by atoms with Gasteiger partial charge in [0.05, 0.1) is 22.8 Å². The number of hydrogen-bond donors (Lipinski definition) is 3. The van der Waals surface area contributed by atoms with Gasteiger partial charge >= 0.3 is 0 Å². The number of aryl methyl sites for hydroxylation is 1. The second-order valence-corrected chi connectivity index (χ2v) is 7.42. The number of nitrogens with zero attached hydrogens (tertiary/aromatic N) is 2. The zero-order chi connectivity index (χ0) is 15.1. The Balaban J connectivity index is 1.80. The van der Waals surface area contributed by atoms with Crippen LogP contribution in [0.25, 0.3) is 0 Å². The van der Waals surface area contributed by atoms with E-state index in [9.17, 15) is 5.11 Å². The summed E-state index contributed by atoms with van der Waals surface area (Å²) >= 11 is 3.48. The fraction of sp³-hybridized carbons (Fsp3) is 0.714. The maximum Gasteiger partial charge on any atom is 0.191 e. The highest BCUT2D eigenvalue weighted by atomic mass is 32.2. The molecule has 2 heterocycles. The molecule has 1 aromatic rings. The molecule has 5 nitrogen and oxygen atoms in total. The molecular weight excluding hydrogens is 304 g/mol. The van der Waals surface area contributed by atoms with Crippen LogP contribution in [0.3, 0.4) is 0 Å². The van der Waals surface area contributed by atoms with Crippen LogP contribution in [-0.2, 0) is 6.42 Å². The average Bonchev–Trinajstić information content (AvgIpc) is 3.06. The Morgan fingerprint density at radius 3 is 3.00 bits per heavy atom. The van der Waals surface area contributed by atoms with E-state index in [1.54, 1.807) is 23.1 Å². The first-order chi connectivity index (χ1) is 10.1. The Morgan fingerprint density at radius 2 is 2.38 bits per heavy atom. The van der Waals surface area contributed by atoms with Gasteiger partial charge in [0.25, 0.3) is 0 Å². The predicted molar refractivity (Wildman–Crippen MR) is 91.4 cm³/mol. The molecule has 2 rings (SSSR count). The molecule has 118 valence electrons. The number of thiazole rings is 1. The van der Waals surface area contributed by atoms with E-state index in [1.807, 2.05) is 13.8 Å². The van der Waals surface area contributed by atoms with Crippen molar-refractivity contribution < 1.29 is 5.11 Å². The Bertz CT molecular complexity index is 469. The number of hydrogen-bond acceptors (Lipinski definition) is 5. The molecule has 1 aliphatic heterocycles. The number of aliphatic hydroxyl groups is 1.